The van der Waals surface area contributed by atoms with E-state index >= 15 is 0 Å². The highest BCUT2D eigenvalue weighted by atomic mass is 32.1. The summed E-state index contributed by atoms with van der Waals surface area (Å²) in [6.07, 6.45) is 6.25. The van der Waals surface area contributed by atoms with Crippen LogP contribution in [0.5, 0.6) is 0 Å². The predicted molar refractivity (Wildman–Crippen MR) is 128 cm³/mol. The first-order valence-corrected chi connectivity index (χ1v) is 11.6. The number of carbonyl (C=O) groups excluding carboxylic acids is 2. The number of hydrogen-bond acceptors (Lipinski definition) is 6. The van der Waals surface area contributed by atoms with E-state index in [1.807, 2.05) is 29.8 Å². The zero-order chi connectivity index (χ0) is 22.8. The van der Waals surface area contributed by atoms with E-state index in [1.165, 1.54) is 6.20 Å². The van der Waals surface area contributed by atoms with Crippen molar-refractivity contribution in [2.24, 2.45) is 0 Å². The highest BCUT2D eigenvalue weighted by Crippen LogP contribution is 2.32. The topological polar surface area (TPSA) is 98.1 Å². The van der Waals surface area contributed by atoms with E-state index in [-0.39, 0.29) is 18.0 Å². The van der Waals surface area contributed by atoms with Crippen molar-refractivity contribution in [3.63, 3.8) is 0 Å². The molecule has 2 N–H and O–H groups in total. The Labute approximate surface area is 194 Å². The van der Waals surface area contributed by atoms with Crippen LogP contribution in [0.2, 0.25) is 0 Å². The van der Waals surface area contributed by atoms with Gasteiger partial charge >= 0.3 is 0 Å². The van der Waals surface area contributed by atoms with Crippen molar-refractivity contribution in [3.05, 3.63) is 70.9 Å². The molecular weight excluding hydrogens is 438 g/mol. The molecule has 0 spiro atoms. The van der Waals surface area contributed by atoms with Gasteiger partial charge in [-0.05, 0) is 49.9 Å². The van der Waals surface area contributed by atoms with E-state index in [0.29, 0.717) is 21.3 Å². The van der Waals surface area contributed by atoms with Gasteiger partial charge in [0, 0.05) is 17.6 Å². The van der Waals surface area contributed by atoms with Gasteiger partial charge in [0.2, 0.25) is 0 Å². The van der Waals surface area contributed by atoms with Crippen LogP contribution in [-0.2, 0) is 4.74 Å². The average Bonchev–Trinajstić information content (AvgIpc) is 3.49. The number of rotatable bonds is 5. The van der Waals surface area contributed by atoms with Crippen LogP contribution in [0.3, 0.4) is 0 Å². The lowest BCUT2D eigenvalue weighted by molar-refractivity contribution is -0.0366. The molecule has 1 saturated heterocycles. The zero-order valence-corrected chi connectivity index (χ0v) is 18.9. The number of aryl methyl sites for hydroxylation is 1. The monoisotopic (exact) mass is 461 g/mol. The van der Waals surface area contributed by atoms with Gasteiger partial charge in [-0.25, -0.2) is 9.67 Å². The Morgan fingerprint density at radius 3 is 2.70 bits per heavy atom. The molecule has 1 aliphatic rings. The molecule has 0 radical (unpaired) electrons. The van der Waals surface area contributed by atoms with Crippen molar-refractivity contribution < 1.29 is 14.3 Å². The van der Waals surface area contributed by atoms with Crippen LogP contribution in [0.25, 0.3) is 10.9 Å². The second kappa shape index (κ2) is 9.13. The number of amides is 2. The number of nitrogens with zero attached hydrogens (tertiary/aromatic N) is 3. The van der Waals surface area contributed by atoms with E-state index in [1.54, 1.807) is 30.5 Å². The van der Waals surface area contributed by atoms with Crippen molar-refractivity contribution in [1.82, 2.24) is 14.8 Å². The summed E-state index contributed by atoms with van der Waals surface area (Å²) in [5, 5.41) is 11.5. The maximum atomic E-state index is 13.0. The summed E-state index contributed by atoms with van der Waals surface area (Å²) in [5.41, 5.74) is 3.09. The number of aromatic nitrogens is 3. The second-order valence-corrected chi connectivity index (χ2v) is 8.94. The zero-order valence-electron chi connectivity index (χ0n) is 18.1. The Bertz CT molecular complexity index is 1310. The van der Waals surface area contributed by atoms with Crippen molar-refractivity contribution in [1.29, 1.82) is 0 Å². The van der Waals surface area contributed by atoms with Crippen molar-refractivity contribution >= 4 is 44.9 Å². The molecule has 1 fully saturated rings. The molecule has 33 heavy (non-hydrogen) atoms. The van der Waals surface area contributed by atoms with Crippen LogP contribution < -0.4 is 10.6 Å². The fraction of sp³-hybridized carbons (Fsp3) is 0.250. The smallest absolute Gasteiger partial charge is 0.267 e. The van der Waals surface area contributed by atoms with Gasteiger partial charge in [-0.3, -0.25) is 14.9 Å². The average molecular weight is 462 g/mol. The predicted octanol–water partition coefficient (Wildman–Crippen LogP) is 5.00. The molecule has 0 bridgehead atoms. The third-order valence-corrected chi connectivity index (χ3v) is 6.55. The molecule has 1 aliphatic heterocycles. The van der Waals surface area contributed by atoms with Gasteiger partial charge in [0.05, 0.1) is 23.6 Å². The molecule has 0 aliphatic carbocycles. The van der Waals surface area contributed by atoms with Gasteiger partial charge in [-0.15, -0.1) is 0 Å². The summed E-state index contributed by atoms with van der Waals surface area (Å²) in [4.78, 5) is 29.9. The number of hydrogen-bond donors (Lipinski definition) is 2. The number of thiazole rings is 1. The third kappa shape index (κ3) is 4.37. The summed E-state index contributed by atoms with van der Waals surface area (Å²) in [6.45, 7) is 2.68. The van der Waals surface area contributed by atoms with E-state index in [9.17, 15) is 9.59 Å². The summed E-state index contributed by atoms with van der Waals surface area (Å²) < 4.78 is 7.79. The van der Waals surface area contributed by atoms with Gasteiger partial charge in [0.1, 0.15) is 4.88 Å². The number of nitrogens with one attached hydrogen (secondary N) is 2. The van der Waals surface area contributed by atoms with E-state index in [4.69, 9.17) is 4.74 Å². The number of fused-ring (bicyclic) bond motifs is 1. The summed E-state index contributed by atoms with van der Waals surface area (Å²) in [6, 6.07) is 12.8. The number of ether oxygens (including phenoxy) is 1. The van der Waals surface area contributed by atoms with E-state index in [0.717, 1.165) is 53.7 Å². The summed E-state index contributed by atoms with van der Waals surface area (Å²) in [5.74, 6) is -0.556. The quantitative estimate of drug-likeness (QED) is 0.436. The molecule has 4 aromatic rings. The Hall–Kier alpha value is -3.56. The number of carbonyl (C=O) groups is 2. The molecule has 9 heteroatoms. The molecule has 8 nitrogen and oxygen atoms in total. The molecule has 168 valence electrons. The van der Waals surface area contributed by atoms with Crippen molar-refractivity contribution in [2.75, 3.05) is 17.2 Å². The van der Waals surface area contributed by atoms with Gasteiger partial charge in [-0.2, -0.15) is 5.10 Å². The minimum Gasteiger partial charge on any atom is -0.356 e. The molecule has 5 rings (SSSR count). The van der Waals surface area contributed by atoms with E-state index < -0.39 is 0 Å². The highest BCUT2D eigenvalue weighted by Gasteiger charge is 2.21. The number of anilines is 2. The Morgan fingerprint density at radius 2 is 1.91 bits per heavy atom. The molecule has 1 unspecified atom stereocenters. The Kier molecular flexibility index (Phi) is 5.89. The molecular formula is C24H23N5O3S. The van der Waals surface area contributed by atoms with Crippen LogP contribution in [0.15, 0.2) is 54.9 Å². The van der Waals surface area contributed by atoms with Crippen molar-refractivity contribution in [3.8, 4) is 0 Å². The van der Waals surface area contributed by atoms with Gasteiger partial charge < -0.3 is 10.1 Å². The molecule has 3 heterocycles. The fourth-order valence-corrected chi connectivity index (χ4v) is 4.62. The van der Waals surface area contributed by atoms with Gasteiger partial charge in [0.15, 0.2) is 11.4 Å². The lowest BCUT2D eigenvalue weighted by Gasteiger charge is -2.23. The van der Waals surface area contributed by atoms with Gasteiger partial charge in [-0.1, -0.05) is 35.6 Å². The molecule has 0 saturated carbocycles. The molecule has 2 aromatic carbocycles. The SMILES string of the molecule is Cc1ccc2c(cnn2C2CCCCO2)c1NC(=O)c1cnc(NC(=O)c2ccccc2)s1. The van der Waals surface area contributed by atoms with Crippen LogP contribution in [0, 0.1) is 6.92 Å². The van der Waals surface area contributed by atoms with E-state index in [2.05, 4.69) is 20.7 Å². The highest BCUT2D eigenvalue weighted by molar-refractivity contribution is 7.17. The first kappa shape index (κ1) is 21.3. The van der Waals surface area contributed by atoms with Crippen LogP contribution >= 0.6 is 11.3 Å². The van der Waals surface area contributed by atoms with Crippen LogP contribution in [0.4, 0.5) is 10.8 Å². The maximum absolute atomic E-state index is 13.0. The maximum Gasteiger partial charge on any atom is 0.267 e. The summed E-state index contributed by atoms with van der Waals surface area (Å²) >= 11 is 1.13. The lowest BCUT2D eigenvalue weighted by Crippen LogP contribution is -2.19. The van der Waals surface area contributed by atoms with Crippen LogP contribution in [-0.4, -0.2) is 33.2 Å². The minimum atomic E-state index is -0.287. The first-order chi connectivity index (χ1) is 16.1. The molecule has 2 aromatic heterocycles. The normalized spacial score (nSPS) is 16.0. The van der Waals surface area contributed by atoms with Gasteiger partial charge in [0.25, 0.3) is 11.8 Å². The van der Waals surface area contributed by atoms with Crippen LogP contribution in [0.1, 0.15) is 51.1 Å². The van der Waals surface area contributed by atoms with Crippen molar-refractivity contribution in [2.45, 2.75) is 32.4 Å². The first-order valence-electron chi connectivity index (χ1n) is 10.8. The second-order valence-electron chi connectivity index (χ2n) is 7.90. The largest absolute Gasteiger partial charge is 0.356 e. The standard InChI is InChI=1S/C24H23N5O3S/c1-15-10-11-18-17(13-26-29(18)20-9-5-6-12-32-20)21(15)27-23(31)19-14-25-24(33-19)28-22(30)16-7-3-2-4-8-16/h2-4,7-8,10-11,13-14,20H,5-6,9,12H2,1H3,(H,27,31)(H,25,28,30). The lowest BCUT2D eigenvalue weighted by atomic mass is 10.1. The summed E-state index contributed by atoms with van der Waals surface area (Å²) in [7, 11) is 0. The minimum absolute atomic E-state index is 0.0835. The molecule has 1 atom stereocenters. The fourth-order valence-electron chi connectivity index (χ4n) is 3.91. The molecule has 2 amide bonds. The Morgan fingerprint density at radius 1 is 1.06 bits per heavy atom. The number of benzene rings is 2. The Balaban J connectivity index is 1.35. The third-order valence-electron chi connectivity index (χ3n) is 5.64.